The van der Waals surface area contributed by atoms with Gasteiger partial charge in [-0.15, -0.1) is 0 Å². The van der Waals surface area contributed by atoms with Gasteiger partial charge in [0, 0.05) is 30.6 Å². The number of hydrogen-bond acceptors (Lipinski definition) is 2. The molecule has 2 nitrogen and oxygen atoms in total. The first-order valence-electron chi connectivity index (χ1n) is 4.50. The minimum absolute atomic E-state index is 0.583. The number of rotatable bonds is 2. The highest BCUT2D eigenvalue weighted by Crippen LogP contribution is 2.17. The fourth-order valence-electron chi connectivity index (χ4n) is 1.32. The van der Waals surface area contributed by atoms with Crippen LogP contribution in [0.25, 0.3) is 11.1 Å². The van der Waals surface area contributed by atoms with Crippen molar-refractivity contribution in [2.45, 2.75) is 6.54 Å². The second-order valence-electron chi connectivity index (χ2n) is 3.07. The van der Waals surface area contributed by atoms with E-state index in [0.717, 1.165) is 16.7 Å². The Hall–Kier alpha value is -1.67. The predicted molar refractivity (Wildman–Crippen MR) is 56.4 cm³/mol. The van der Waals surface area contributed by atoms with Crippen LogP contribution in [-0.2, 0) is 6.54 Å². The van der Waals surface area contributed by atoms with Crippen LogP contribution in [0.1, 0.15) is 5.56 Å². The number of aromatic nitrogens is 1. The van der Waals surface area contributed by atoms with Crippen LogP contribution >= 0.6 is 0 Å². The fourth-order valence-corrected chi connectivity index (χ4v) is 1.32. The SMILES string of the molecule is NCc1ccc(-c2c[c]cnc2)cc1. The van der Waals surface area contributed by atoms with Gasteiger partial charge in [0.1, 0.15) is 0 Å². The minimum Gasteiger partial charge on any atom is -0.326 e. The molecule has 0 amide bonds. The van der Waals surface area contributed by atoms with E-state index in [0.29, 0.717) is 6.54 Å². The van der Waals surface area contributed by atoms with Crippen LogP contribution in [0.2, 0.25) is 0 Å². The first-order valence-corrected chi connectivity index (χ1v) is 4.50. The van der Waals surface area contributed by atoms with E-state index in [1.807, 2.05) is 36.5 Å². The summed E-state index contributed by atoms with van der Waals surface area (Å²) in [7, 11) is 0. The van der Waals surface area contributed by atoms with Gasteiger partial charge in [0.2, 0.25) is 0 Å². The second-order valence-corrected chi connectivity index (χ2v) is 3.07. The molecule has 2 heteroatoms. The molecule has 0 aliphatic carbocycles. The molecule has 0 atom stereocenters. The second kappa shape index (κ2) is 4.03. The van der Waals surface area contributed by atoms with Crippen molar-refractivity contribution in [1.29, 1.82) is 0 Å². The molecular weight excluding hydrogens is 172 g/mol. The molecular formula is C12H11N2. The lowest BCUT2D eigenvalue weighted by Crippen LogP contribution is -1.95. The van der Waals surface area contributed by atoms with Gasteiger partial charge < -0.3 is 5.73 Å². The highest BCUT2D eigenvalue weighted by atomic mass is 14.6. The van der Waals surface area contributed by atoms with Crippen molar-refractivity contribution in [3.8, 4) is 11.1 Å². The molecule has 14 heavy (non-hydrogen) atoms. The standard InChI is InChI=1S/C12H11N2/c13-8-10-3-5-11(6-4-10)12-2-1-7-14-9-12/h2-7,9H,8,13H2. The lowest BCUT2D eigenvalue weighted by Gasteiger charge is -2.01. The maximum Gasteiger partial charge on any atom is 0.0347 e. The van der Waals surface area contributed by atoms with E-state index in [2.05, 4.69) is 11.1 Å². The molecule has 0 fully saturated rings. The zero-order chi connectivity index (χ0) is 9.80. The molecule has 2 rings (SSSR count). The fraction of sp³-hybridized carbons (Fsp3) is 0.0833. The smallest absolute Gasteiger partial charge is 0.0347 e. The normalized spacial score (nSPS) is 10.1. The molecule has 0 saturated heterocycles. The Bertz CT molecular complexity index is 392. The van der Waals surface area contributed by atoms with Gasteiger partial charge in [0.25, 0.3) is 0 Å². The summed E-state index contributed by atoms with van der Waals surface area (Å²) in [6, 6.07) is 13.0. The summed E-state index contributed by atoms with van der Waals surface area (Å²) in [4.78, 5) is 4.02. The highest BCUT2D eigenvalue weighted by Gasteiger charge is 1.96. The zero-order valence-electron chi connectivity index (χ0n) is 7.77. The average Bonchev–Trinajstić information content (AvgIpc) is 2.30. The van der Waals surface area contributed by atoms with E-state index < -0.39 is 0 Å². The summed E-state index contributed by atoms with van der Waals surface area (Å²) >= 11 is 0. The van der Waals surface area contributed by atoms with E-state index in [1.54, 1.807) is 6.20 Å². The average molecular weight is 183 g/mol. The van der Waals surface area contributed by atoms with Crippen molar-refractivity contribution in [1.82, 2.24) is 4.98 Å². The van der Waals surface area contributed by atoms with E-state index in [-0.39, 0.29) is 0 Å². The van der Waals surface area contributed by atoms with Gasteiger partial charge in [0.05, 0.1) is 0 Å². The lowest BCUT2D eigenvalue weighted by molar-refractivity contribution is 1.07. The lowest BCUT2D eigenvalue weighted by atomic mass is 10.1. The monoisotopic (exact) mass is 183 g/mol. The zero-order valence-corrected chi connectivity index (χ0v) is 7.77. The van der Waals surface area contributed by atoms with Crippen LogP contribution in [0.15, 0.2) is 42.7 Å². The van der Waals surface area contributed by atoms with Gasteiger partial charge in [-0.05, 0) is 17.2 Å². The topological polar surface area (TPSA) is 38.9 Å². The largest absolute Gasteiger partial charge is 0.326 e. The van der Waals surface area contributed by atoms with Crippen molar-refractivity contribution < 1.29 is 0 Å². The molecule has 1 aromatic carbocycles. The van der Waals surface area contributed by atoms with Crippen LogP contribution in [0.4, 0.5) is 0 Å². The summed E-state index contributed by atoms with van der Waals surface area (Å²) in [5, 5.41) is 0. The van der Waals surface area contributed by atoms with E-state index >= 15 is 0 Å². The molecule has 0 bridgehead atoms. The van der Waals surface area contributed by atoms with Crippen LogP contribution < -0.4 is 5.73 Å². The molecule has 2 N–H and O–H groups in total. The number of nitrogens with two attached hydrogens (primary N) is 1. The Morgan fingerprint density at radius 1 is 1.14 bits per heavy atom. The van der Waals surface area contributed by atoms with Gasteiger partial charge in [-0.25, -0.2) is 0 Å². The van der Waals surface area contributed by atoms with Crippen LogP contribution in [0.3, 0.4) is 0 Å². The van der Waals surface area contributed by atoms with Gasteiger partial charge >= 0.3 is 0 Å². The number of hydrogen-bond donors (Lipinski definition) is 1. The molecule has 1 radical (unpaired) electrons. The summed E-state index contributed by atoms with van der Waals surface area (Å²) in [6.07, 6.45) is 3.48. The van der Waals surface area contributed by atoms with E-state index in [4.69, 9.17) is 5.73 Å². The number of nitrogens with zero attached hydrogens (tertiary/aromatic N) is 1. The highest BCUT2D eigenvalue weighted by molar-refractivity contribution is 5.62. The van der Waals surface area contributed by atoms with Crippen LogP contribution in [-0.4, -0.2) is 4.98 Å². The molecule has 2 aromatic rings. The van der Waals surface area contributed by atoms with Gasteiger partial charge in [0.15, 0.2) is 0 Å². The van der Waals surface area contributed by atoms with Crippen molar-refractivity contribution in [2.24, 2.45) is 5.73 Å². The molecule has 0 aliphatic rings. The molecule has 1 heterocycles. The van der Waals surface area contributed by atoms with Crippen LogP contribution in [0, 0.1) is 6.07 Å². The van der Waals surface area contributed by atoms with Crippen LogP contribution in [0.5, 0.6) is 0 Å². The Morgan fingerprint density at radius 2 is 1.93 bits per heavy atom. The molecule has 0 saturated carbocycles. The third-order valence-corrected chi connectivity index (χ3v) is 2.12. The molecule has 1 aromatic heterocycles. The molecule has 69 valence electrons. The quantitative estimate of drug-likeness (QED) is 0.773. The Kier molecular flexibility index (Phi) is 2.56. The Balaban J connectivity index is 2.34. The molecule has 0 spiro atoms. The third-order valence-electron chi connectivity index (χ3n) is 2.12. The van der Waals surface area contributed by atoms with E-state index in [9.17, 15) is 0 Å². The maximum atomic E-state index is 5.52. The number of benzene rings is 1. The van der Waals surface area contributed by atoms with Gasteiger partial charge in [-0.1, -0.05) is 24.3 Å². The summed E-state index contributed by atoms with van der Waals surface area (Å²) in [6.45, 7) is 0.583. The van der Waals surface area contributed by atoms with Crippen molar-refractivity contribution in [3.63, 3.8) is 0 Å². The summed E-state index contributed by atoms with van der Waals surface area (Å²) in [5.41, 5.74) is 8.89. The third kappa shape index (κ3) is 1.80. The van der Waals surface area contributed by atoms with Gasteiger partial charge in [-0.2, -0.15) is 0 Å². The summed E-state index contributed by atoms with van der Waals surface area (Å²) < 4.78 is 0. The summed E-state index contributed by atoms with van der Waals surface area (Å²) in [5.74, 6) is 0. The minimum atomic E-state index is 0.583. The maximum absolute atomic E-state index is 5.52. The number of pyridine rings is 1. The Morgan fingerprint density at radius 3 is 2.50 bits per heavy atom. The molecule has 0 aliphatic heterocycles. The first-order chi connectivity index (χ1) is 6.90. The van der Waals surface area contributed by atoms with Gasteiger partial charge in [-0.3, -0.25) is 4.98 Å². The predicted octanol–water partition coefficient (Wildman–Crippen LogP) is 2.01. The van der Waals surface area contributed by atoms with Crippen molar-refractivity contribution in [3.05, 3.63) is 54.4 Å². The van der Waals surface area contributed by atoms with E-state index in [1.165, 1.54) is 0 Å². The van der Waals surface area contributed by atoms with Crippen molar-refractivity contribution >= 4 is 0 Å². The molecule has 0 unspecified atom stereocenters. The Labute approximate surface area is 83.4 Å². The van der Waals surface area contributed by atoms with Crippen molar-refractivity contribution in [2.75, 3.05) is 0 Å². The first kappa shape index (κ1) is 8.91.